The van der Waals surface area contributed by atoms with Crippen molar-refractivity contribution in [2.75, 3.05) is 0 Å². The van der Waals surface area contributed by atoms with Gasteiger partial charge in [-0.2, -0.15) is 0 Å². The molecule has 0 saturated heterocycles. The van der Waals surface area contributed by atoms with Gasteiger partial charge in [-0.25, -0.2) is 0 Å². The van der Waals surface area contributed by atoms with E-state index in [1.807, 2.05) is 0 Å². The lowest BCUT2D eigenvalue weighted by molar-refractivity contribution is -0.136. The summed E-state index contributed by atoms with van der Waals surface area (Å²) in [5.74, 6) is 1.07. The van der Waals surface area contributed by atoms with Crippen LogP contribution in [0.3, 0.4) is 0 Å². The number of carboxylic acids is 1. The number of benzene rings is 3. The number of carboxylic acid groups (broad SMARTS) is 1. The number of allylic oxidation sites excluding steroid dienone is 2. The fourth-order valence-electron chi connectivity index (χ4n) is 4.87. The highest BCUT2D eigenvalue weighted by atomic mass is 16.4. The molecule has 0 aliphatic heterocycles. The predicted molar refractivity (Wildman–Crippen MR) is 101 cm³/mol. The molecule has 0 radical (unpaired) electrons. The van der Waals surface area contributed by atoms with Crippen LogP contribution in [-0.4, -0.2) is 11.1 Å². The molecule has 2 aliphatic carbocycles. The van der Waals surface area contributed by atoms with Crippen LogP contribution in [0.15, 0.2) is 60.7 Å². The van der Waals surface area contributed by atoms with Crippen molar-refractivity contribution in [1.82, 2.24) is 0 Å². The largest absolute Gasteiger partial charge is 0.481 e. The molecular weight excluding hydrogens is 308 g/mol. The molecule has 1 fully saturated rings. The number of carbonyl (C=O) groups is 1. The quantitative estimate of drug-likeness (QED) is 0.523. The van der Waals surface area contributed by atoms with Crippen molar-refractivity contribution in [1.29, 1.82) is 0 Å². The molecule has 3 aromatic rings. The molecule has 25 heavy (non-hydrogen) atoms. The topological polar surface area (TPSA) is 37.3 Å². The maximum absolute atomic E-state index is 11.3. The molecule has 3 aromatic carbocycles. The molecule has 1 N–H and O–H groups in total. The van der Waals surface area contributed by atoms with Crippen molar-refractivity contribution in [3.8, 4) is 0 Å². The van der Waals surface area contributed by atoms with E-state index in [4.69, 9.17) is 0 Å². The number of aliphatic carboxylic acids is 1. The summed E-state index contributed by atoms with van der Waals surface area (Å²) in [5, 5.41) is 14.2. The third-order valence-electron chi connectivity index (χ3n) is 5.94. The SMILES string of the molecule is O=C(O)Cc1cc(C2CC3C=CC2C3)c2cc3ccccc3cc2c1. The minimum Gasteiger partial charge on any atom is -0.481 e. The summed E-state index contributed by atoms with van der Waals surface area (Å²) in [5.41, 5.74) is 2.26. The van der Waals surface area contributed by atoms with Crippen molar-refractivity contribution in [3.63, 3.8) is 0 Å². The van der Waals surface area contributed by atoms with Gasteiger partial charge in [0, 0.05) is 0 Å². The lowest BCUT2D eigenvalue weighted by atomic mass is 9.82. The van der Waals surface area contributed by atoms with Crippen molar-refractivity contribution in [3.05, 3.63) is 71.8 Å². The summed E-state index contributed by atoms with van der Waals surface area (Å²) in [6.07, 6.45) is 7.27. The third kappa shape index (κ3) is 2.44. The summed E-state index contributed by atoms with van der Waals surface area (Å²) >= 11 is 0. The fourth-order valence-corrected chi connectivity index (χ4v) is 4.87. The highest BCUT2D eigenvalue weighted by Crippen LogP contribution is 2.50. The highest BCUT2D eigenvalue weighted by Gasteiger charge is 2.37. The van der Waals surface area contributed by atoms with Gasteiger partial charge in [-0.15, -0.1) is 0 Å². The molecule has 0 spiro atoms. The predicted octanol–water partition coefficient (Wildman–Crippen LogP) is 5.30. The Morgan fingerprint density at radius 2 is 1.76 bits per heavy atom. The first-order valence-electron chi connectivity index (χ1n) is 9.03. The normalized spacial score (nSPS) is 24.4. The van der Waals surface area contributed by atoms with Gasteiger partial charge in [0.15, 0.2) is 0 Å². The zero-order chi connectivity index (χ0) is 17.0. The van der Waals surface area contributed by atoms with Gasteiger partial charge in [-0.1, -0.05) is 48.6 Å². The lowest BCUT2D eigenvalue weighted by Crippen LogP contribution is -2.08. The summed E-state index contributed by atoms with van der Waals surface area (Å²) in [7, 11) is 0. The third-order valence-corrected chi connectivity index (χ3v) is 5.94. The first kappa shape index (κ1) is 14.7. The van der Waals surface area contributed by atoms with Gasteiger partial charge >= 0.3 is 5.97 Å². The molecule has 3 unspecified atom stereocenters. The summed E-state index contributed by atoms with van der Waals surface area (Å²) in [4.78, 5) is 11.3. The monoisotopic (exact) mass is 328 g/mol. The minimum atomic E-state index is -0.765. The van der Waals surface area contributed by atoms with E-state index in [0.29, 0.717) is 17.8 Å². The first-order valence-corrected chi connectivity index (χ1v) is 9.03. The second kappa shape index (κ2) is 5.45. The molecule has 3 atom stereocenters. The van der Waals surface area contributed by atoms with Gasteiger partial charge in [0.1, 0.15) is 0 Å². The second-order valence-electron chi connectivity index (χ2n) is 7.56. The molecular formula is C23H20O2. The van der Waals surface area contributed by atoms with E-state index in [-0.39, 0.29) is 6.42 Å². The maximum atomic E-state index is 11.3. The minimum absolute atomic E-state index is 0.0897. The van der Waals surface area contributed by atoms with Gasteiger partial charge in [0.05, 0.1) is 6.42 Å². The number of hydrogen-bond donors (Lipinski definition) is 1. The molecule has 124 valence electrons. The number of rotatable bonds is 3. The van der Waals surface area contributed by atoms with Gasteiger partial charge in [0.25, 0.3) is 0 Å². The van der Waals surface area contributed by atoms with Crippen LogP contribution in [0.5, 0.6) is 0 Å². The Kier molecular flexibility index (Phi) is 3.21. The van der Waals surface area contributed by atoms with E-state index in [9.17, 15) is 9.90 Å². The van der Waals surface area contributed by atoms with E-state index in [1.54, 1.807) is 0 Å². The van der Waals surface area contributed by atoms with Crippen molar-refractivity contribution in [2.24, 2.45) is 11.8 Å². The Labute approximate surface area is 146 Å². The average Bonchev–Trinajstić information content (AvgIpc) is 3.22. The van der Waals surface area contributed by atoms with Crippen LogP contribution in [0.25, 0.3) is 21.5 Å². The molecule has 2 bridgehead atoms. The van der Waals surface area contributed by atoms with Crippen molar-refractivity contribution < 1.29 is 9.90 Å². The van der Waals surface area contributed by atoms with Crippen LogP contribution in [-0.2, 0) is 11.2 Å². The van der Waals surface area contributed by atoms with Crippen LogP contribution in [0.1, 0.15) is 29.9 Å². The van der Waals surface area contributed by atoms with E-state index >= 15 is 0 Å². The van der Waals surface area contributed by atoms with E-state index in [2.05, 4.69) is 60.7 Å². The summed E-state index contributed by atoms with van der Waals surface area (Å²) < 4.78 is 0. The Morgan fingerprint density at radius 1 is 0.960 bits per heavy atom. The van der Waals surface area contributed by atoms with Crippen molar-refractivity contribution in [2.45, 2.75) is 25.2 Å². The Balaban J connectivity index is 1.75. The van der Waals surface area contributed by atoms with Crippen LogP contribution in [0.2, 0.25) is 0 Å². The van der Waals surface area contributed by atoms with E-state index in [0.717, 1.165) is 5.56 Å². The number of hydrogen-bond acceptors (Lipinski definition) is 1. The fraction of sp³-hybridized carbons (Fsp3) is 0.261. The summed E-state index contributed by atoms with van der Waals surface area (Å²) in [6, 6.07) is 17.1. The van der Waals surface area contributed by atoms with E-state index in [1.165, 1.54) is 39.9 Å². The standard InChI is InChI=1S/C23H20O2/c24-23(25)11-15-8-19-12-16-3-1-2-4-17(16)13-21(19)22(10-15)20-9-14-5-6-18(20)7-14/h1-6,8,10,12-14,18,20H,7,9,11H2,(H,24,25). The molecule has 0 heterocycles. The second-order valence-corrected chi connectivity index (χ2v) is 7.56. The summed E-state index contributed by atoms with van der Waals surface area (Å²) in [6.45, 7) is 0. The van der Waals surface area contributed by atoms with Crippen LogP contribution in [0, 0.1) is 11.8 Å². The highest BCUT2D eigenvalue weighted by molar-refractivity contribution is 6.00. The first-order chi connectivity index (χ1) is 12.2. The van der Waals surface area contributed by atoms with Gasteiger partial charge in [-0.05, 0) is 75.4 Å². The lowest BCUT2D eigenvalue weighted by Gasteiger charge is -2.22. The maximum Gasteiger partial charge on any atom is 0.307 e. The van der Waals surface area contributed by atoms with Gasteiger partial charge in [0.2, 0.25) is 0 Å². The molecule has 0 amide bonds. The van der Waals surface area contributed by atoms with Crippen LogP contribution < -0.4 is 0 Å². The number of fused-ring (bicyclic) bond motifs is 4. The Morgan fingerprint density at radius 3 is 2.44 bits per heavy atom. The zero-order valence-electron chi connectivity index (χ0n) is 14.0. The molecule has 5 rings (SSSR count). The van der Waals surface area contributed by atoms with E-state index < -0.39 is 5.97 Å². The average molecular weight is 328 g/mol. The zero-order valence-corrected chi connectivity index (χ0v) is 14.0. The van der Waals surface area contributed by atoms with Gasteiger partial charge in [-0.3, -0.25) is 4.79 Å². The van der Waals surface area contributed by atoms with Gasteiger partial charge < -0.3 is 5.11 Å². The molecule has 2 nitrogen and oxygen atoms in total. The Hall–Kier alpha value is -2.61. The smallest absolute Gasteiger partial charge is 0.307 e. The molecule has 2 aliphatic rings. The molecule has 1 saturated carbocycles. The Bertz CT molecular complexity index is 1030. The van der Waals surface area contributed by atoms with Crippen LogP contribution in [0.4, 0.5) is 0 Å². The van der Waals surface area contributed by atoms with Crippen molar-refractivity contribution >= 4 is 27.5 Å². The molecule has 2 heteroatoms. The van der Waals surface area contributed by atoms with Crippen LogP contribution >= 0.6 is 0 Å². The molecule has 0 aromatic heterocycles.